The molecule has 5 heteroatoms. The molecule has 17 heavy (non-hydrogen) atoms. The van der Waals surface area contributed by atoms with Crippen molar-refractivity contribution in [1.29, 1.82) is 0 Å². The van der Waals surface area contributed by atoms with E-state index >= 15 is 0 Å². The van der Waals surface area contributed by atoms with Crippen LogP contribution in [0.2, 0.25) is 0 Å². The molecule has 0 aliphatic heterocycles. The van der Waals surface area contributed by atoms with E-state index in [1.807, 2.05) is 0 Å². The van der Waals surface area contributed by atoms with E-state index in [2.05, 4.69) is 24.1 Å². The Labute approximate surface area is 109 Å². The van der Waals surface area contributed by atoms with E-state index in [0.29, 0.717) is 23.5 Å². The number of nitrogens with one attached hydrogen (secondary N) is 1. The molecule has 1 amide bonds. The molecule has 1 fully saturated rings. The monoisotopic (exact) mass is 257 g/mol. The van der Waals surface area contributed by atoms with Crippen LogP contribution in [0.4, 0.5) is 0 Å². The number of carbonyl (C=O) groups excluding carboxylic acids is 1. The maximum Gasteiger partial charge on any atom is 0.221 e. The number of carbonyl (C=O) groups is 1. The Hall–Kier alpha value is -0.680. The summed E-state index contributed by atoms with van der Waals surface area (Å²) in [5.74, 6) is 0.161. The lowest BCUT2D eigenvalue weighted by Crippen LogP contribution is -2.37. The molecule has 0 heterocycles. The molecule has 0 atom stereocenters. The smallest absolute Gasteiger partial charge is 0.221 e. The van der Waals surface area contributed by atoms with Crippen LogP contribution in [0.3, 0.4) is 0 Å². The molecule has 1 aliphatic rings. The van der Waals surface area contributed by atoms with Crippen molar-refractivity contribution in [2.24, 2.45) is 5.73 Å². The Bertz CT molecular complexity index is 277. The third kappa shape index (κ3) is 6.58. The van der Waals surface area contributed by atoms with Crippen LogP contribution in [0.1, 0.15) is 39.5 Å². The molecule has 0 bridgehead atoms. The summed E-state index contributed by atoms with van der Waals surface area (Å²) in [5.41, 5.74) is 5.50. The zero-order chi connectivity index (χ0) is 12.8. The third-order valence-corrected chi connectivity index (χ3v) is 3.15. The highest BCUT2D eigenvalue weighted by Gasteiger charge is 2.23. The van der Waals surface area contributed by atoms with Gasteiger partial charge in [0, 0.05) is 38.0 Å². The van der Waals surface area contributed by atoms with Crippen LogP contribution in [0, 0.1) is 0 Å². The third-order valence-electron chi connectivity index (χ3n) is 2.94. The van der Waals surface area contributed by atoms with E-state index in [4.69, 9.17) is 18.0 Å². The average Bonchev–Trinajstić information content (AvgIpc) is 3.00. The van der Waals surface area contributed by atoms with Crippen molar-refractivity contribution in [2.75, 3.05) is 13.1 Å². The van der Waals surface area contributed by atoms with Crippen molar-refractivity contribution in [3.63, 3.8) is 0 Å². The van der Waals surface area contributed by atoms with Crippen molar-refractivity contribution in [1.82, 2.24) is 10.2 Å². The molecule has 1 saturated carbocycles. The largest absolute Gasteiger partial charge is 0.393 e. The van der Waals surface area contributed by atoms with Gasteiger partial charge >= 0.3 is 0 Å². The Morgan fingerprint density at radius 3 is 2.47 bits per heavy atom. The van der Waals surface area contributed by atoms with Crippen LogP contribution in [0.25, 0.3) is 0 Å². The second kappa shape index (κ2) is 6.91. The quantitative estimate of drug-likeness (QED) is 0.638. The van der Waals surface area contributed by atoms with Crippen molar-refractivity contribution in [3.8, 4) is 0 Å². The number of rotatable bonds is 8. The van der Waals surface area contributed by atoms with Gasteiger partial charge in [-0.3, -0.25) is 4.79 Å². The highest BCUT2D eigenvalue weighted by Crippen LogP contribution is 2.18. The molecule has 0 spiro atoms. The molecule has 0 radical (unpaired) electrons. The first-order chi connectivity index (χ1) is 7.99. The van der Waals surface area contributed by atoms with E-state index in [9.17, 15) is 4.79 Å². The van der Waals surface area contributed by atoms with E-state index in [1.54, 1.807) is 0 Å². The number of thiocarbonyl (C=S) groups is 1. The molecule has 0 aromatic carbocycles. The Kier molecular flexibility index (Phi) is 5.85. The van der Waals surface area contributed by atoms with Crippen molar-refractivity contribution < 1.29 is 4.79 Å². The van der Waals surface area contributed by atoms with Gasteiger partial charge < -0.3 is 16.0 Å². The van der Waals surface area contributed by atoms with E-state index < -0.39 is 0 Å². The summed E-state index contributed by atoms with van der Waals surface area (Å²) in [5, 5.41) is 3.00. The molecular formula is C12H23N3OS. The maximum atomic E-state index is 11.6. The van der Waals surface area contributed by atoms with Crippen LogP contribution in [-0.2, 0) is 4.79 Å². The predicted octanol–water partition coefficient (Wildman–Crippen LogP) is 1.04. The molecule has 0 aromatic rings. The standard InChI is InChI=1S/C12H23N3OS/c1-9(2)15(7-5-11(13)17)8-6-12(16)14-10-3-4-10/h9-10H,3-8H2,1-2H3,(H2,13,17)(H,14,16). The fourth-order valence-electron chi connectivity index (χ4n) is 1.65. The molecule has 0 unspecified atom stereocenters. The van der Waals surface area contributed by atoms with Crippen molar-refractivity contribution >= 4 is 23.1 Å². The Morgan fingerprint density at radius 1 is 1.41 bits per heavy atom. The van der Waals surface area contributed by atoms with Gasteiger partial charge in [0.2, 0.25) is 5.91 Å². The number of hydrogen-bond acceptors (Lipinski definition) is 3. The second-order valence-corrected chi connectivity index (χ2v) is 5.46. The molecule has 1 rings (SSSR count). The van der Waals surface area contributed by atoms with Crippen LogP contribution >= 0.6 is 12.2 Å². The van der Waals surface area contributed by atoms with Gasteiger partial charge in [-0.15, -0.1) is 0 Å². The average molecular weight is 257 g/mol. The van der Waals surface area contributed by atoms with Gasteiger partial charge in [-0.2, -0.15) is 0 Å². The molecule has 1 aliphatic carbocycles. The lowest BCUT2D eigenvalue weighted by molar-refractivity contribution is -0.121. The van der Waals surface area contributed by atoms with Gasteiger partial charge in [0.05, 0.1) is 4.99 Å². The van der Waals surface area contributed by atoms with Gasteiger partial charge in [0.1, 0.15) is 0 Å². The highest BCUT2D eigenvalue weighted by atomic mass is 32.1. The summed E-state index contributed by atoms with van der Waals surface area (Å²) in [6.45, 7) is 5.86. The summed E-state index contributed by atoms with van der Waals surface area (Å²) in [6, 6.07) is 0.865. The number of nitrogens with two attached hydrogens (primary N) is 1. The van der Waals surface area contributed by atoms with Crippen molar-refractivity contribution in [2.45, 2.75) is 51.6 Å². The maximum absolute atomic E-state index is 11.6. The van der Waals surface area contributed by atoms with Gasteiger partial charge in [0.15, 0.2) is 0 Å². The summed E-state index contributed by atoms with van der Waals surface area (Å²) in [4.78, 5) is 14.4. The molecule has 4 nitrogen and oxygen atoms in total. The lowest BCUT2D eigenvalue weighted by atomic mass is 10.2. The first-order valence-electron chi connectivity index (χ1n) is 6.30. The molecule has 0 saturated heterocycles. The molecule has 3 N–H and O–H groups in total. The Balaban J connectivity index is 2.22. The fraction of sp³-hybridized carbons (Fsp3) is 0.833. The number of hydrogen-bond donors (Lipinski definition) is 2. The minimum Gasteiger partial charge on any atom is -0.393 e. The summed E-state index contributed by atoms with van der Waals surface area (Å²) >= 11 is 4.87. The first-order valence-corrected chi connectivity index (χ1v) is 6.71. The van der Waals surface area contributed by atoms with Crippen LogP contribution in [-0.4, -0.2) is 41.0 Å². The minimum absolute atomic E-state index is 0.161. The van der Waals surface area contributed by atoms with E-state index in [1.165, 1.54) is 0 Å². The minimum atomic E-state index is 0.161. The molecule has 98 valence electrons. The molecule has 0 aromatic heterocycles. The van der Waals surface area contributed by atoms with Gasteiger partial charge in [-0.1, -0.05) is 12.2 Å². The summed E-state index contributed by atoms with van der Waals surface area (Å²) in [7, 11) is 0. The van der Waals surface area contributed by atoms with E-state index in [-0.39, 0.29) is 5.91 Å². The first kappa shape index (κ1) is 14.4. The van der Waals surface area contributed by atoms with Crippen molar-refractivity contribution in [3.05, 3.63) is 0 Å². The van der Waals surface area contributed by atoms with E-state index in [0.717, 1.165) is 32.4 Å². The van der Waals surface area contributed by atoms with Crippen LogP contribution < -0.4 is 11.1 Å². The zero-order valence-electron chi connectivity index (χ0n) is 10.7. The van der Waals surface area contributed by atoms with Crippen LogP contribution in [0.5, 0.6) is 0 Å². The number of nitrogens with zero attached hydrogens (tertiary/aromatic N) is 1. The SMILES string of the molecule is CC(C)N(CCC(=O)NC1CC1)CCC(N)=S. The fourth-order valence-corrected chi connectivity index (χ4v) is 1.75. The molecular weight excluding hydrogens is 234 g/mol. The number of amides is 1. The second-order valence-electron chi connectivity index (χ2n) is 4.94. The lowest BCUT2D eigenvalue weighted by Gasteiger charge is -2.25. The highest BCUT2D eigenvalue weighted by molar-refractivity contribution is 7.80. The van der Waals surface area contributed by atoms with Gasteiger partial charge in [-0.25, -0.2) is 0 Å². The summed E-state index contributed by atoms with van der Waals surface area (Å²) in [6.07, 6.45) is 3.56. The predicted molar refractivity (Wildman–Crippen MR) is 73.9 cm³/mol. The van der Waals surface area contributed by atoms with Crippen LogP contribution in [0.15, 0.2) is 0 Å². The zero-order valence-corrected chi connectivity index (χ0v) is 11.6. The Morgan fingerprint density at radius 2 is 2.00 bits per heavy atom. The topological polar surface area (TPSA) is 58.4 Å². The van der Waals surface area contributed by atoms with Gasteiger partial charge in [0.25, 0.3) is 0 Å². The normalized spacial score (nSPS) is 15.3. The van der Waals surface area contributed by atoms with Gasteiger partial charge in [-0.05, 0) is 26.7 Å². The summed E-state index contributed by atoms with van der Waals surface area (Å²) < 4.78 is 0.